The summed E-state index contributed by atoms with van der Waals surface area (Å²) in [4.78, 5) is 0. The summed E-state index contributed by atoms with van der Waals surface area (Å²) in [6.45, 7) is 3.25. The second-order valence-corrected chi connectivity index (χ2v) is 6.03. The largest absolute Gasteiger partial charge is 0.490 e. The van der Waals surface area contributed by atoms with Gasteiger partial charge in [0.2, 0.25) is 0 Å². The number of anilines is 2. The molecule has 6 nitrogen and oxygen atoms in total. The van der Waals surface area contributed by atoms with Gasteiger partial charge in [0, 0.05) is 19.2 Å². The zero-order chi connectivity index (χ0) is 17.5. The van der Waals surface area contributed by atoms with Crippen LogP contribution in [0.5, 0.6) is 17.2 Å². The summed E-state index contributed by atoms with van der Waals surface area (Å²) in [5.74, 6) is 1.99. The van der Waals surface area contributed by atoms with Crippen LogP contribution < -0.4 is 26.3 Å². The highest BCUT2D eigenvalue weighted by Crippen LogP contribution is 2.33. The number of hydrogen-bond acceptors (Lipinski definition) is 6. The van der Waals surface area contributed by atoms with Gasteiger partial charge in [-0.25, -0.2) is 0 Å². The average molecular weight is 343 g/mol. The van der Waals surface area contributed by atoms with Crippen molar-refractivity contribution in [3.05, 3.63) is 42.5 Å². The predicted octanol–water partition coefficient (Wildman–Crippen LogP) is 2.79. The molecule has 3 rings (SSSR count). The number of morpholine rings is 1. The van der Waals surface area contributed by atoms with E-state index in [1.54, 1.807) is 18.2 Å². The lowest BCUT2D eigenvalue weighted by molar-refractivity contribution is 0.0203. The molecule has 0 aliphatic carbocycles. The Labute approximate surface area is 148 Å². The van der Waals surface area contributed by atoms with Crippen LogP contribution in [0.1, 0.15) is 12.8 Å². The number of nitrogens with two attached hydrogens (primary N) is 2. The van der Waals surface area contributed by atoms with Crippen molar-refractivity contribution in [1.29, 1.82) is 0 Å². The first-order valence-corrected chi connectivity index (χ1v) is 8.59. The molecule has 0 amide bonds. The van der Waals surface area contributed by atoms with Gasteiger partial charge >= 0.3 is 0 Å². The van der Waals surface area contributed by atoms with E-state index in [1.165, 1.54) is 0 Å². The number of nitrogen functional groups attached to an aromatic ring is 2. The van der Waals surface area contributed by atoms with Crippen LogP contribution in [0.4, 0.5) is 11.4 Å². The fraction of sp³-hybridized carbons (Fsp3) is 0.368. The summed E-state index contributed by atoms with van der Waals surface area (Å²) in [6, 6.07) is 12.8. The lowest BCUT2D eigenvalue weighted by atomic mass is 10.2. The number of hydrogen-bond donors (Lipinski definition) is 3. The molecule has 0 radical (unpaired) electrons. The van der Waals surface area contributed by atoms with Gasteiger partial charge in [-0.05, 0) is 37.1 Å². The van der Waals surface area contributed by atoms with Crippen LogP contribution in [0, 0.1) is 0 Å². The van der Waals surface area contributed by atoms with E-state index >= 15 is 0 Å². The molecule has 2 aromatic rings. The van der Waals surface area contributed by atoms with Gasteiger partial charge in [0.15, 0.2) is 11.5 Å². The molecule has 1 heterocycles. The van der Waals surface area contributed by atoms with E-state index in [0.29, 0.717) is 35.2 Å². The minimum Gasteiger partial charge on any atom is -0.490 e. The maximum absolute atomic E-state index is 5.90. The summed E-state index contributed by atoms with van der Waals surface area (Å²) in [7, 11) is 0. The molecular formula is C19H25N3O3. The van der Waals surface area contributed by atoms with Crippen molar-refractivity contribution in [2.75, 3.05) is 37.8 Å². The third-order valence-corrected chi connectivity index (χ3v) is 4.07. The molecule has 0 spiro atoms. The quantitative estimate of drug-likeness (QED) is 0.529. The zero-order valence-electron chi connectivity index (χ0n) is 14.2. The fourth-order valence-corrected chi connectivity index (χ4v) is 2.70. The van der Waals surface area contributed by atoms with E-state index in [2.05, 4.69) is 5.32 Å². The highest BCUT2D eigenvalue weighted by molar-refractivity contribution is 5.65. The third kappa shape index (κ3) is 5.01. The monoisotopic (exact) mass is 343 g/mol. The van der Waals surface area contributed by atoms with Crippen molar-refractivity contribution in [3.8, 4) is 17.2 Å². The molecule has 1 fully saturated rings. The lowest BCUT2D eigenvalue weighted by Gasteiger charge is -2.23. The number of nitrogens with one attached hydrogen (secondary N) is 1. The lowest BCUT2D eigenvalue weighted by Crippen LogP contribution is -2.38. The Bertz CT molecular complexity index is 687. The maximum Gasteiger partial charge on any atom is 0.169 e. The third-order valence-electron chi connectivity index (χ3n) is 4.07. The molecule has 134 valence electrons. The second-order valence-electron chi connectivity index (χ2n) is 6.03. The van der Waals surface area contributed by atoms with Gasteiger partial charge in [-0.3, -0.25) is 0 Å². The first kappa shape index (κ1) is 17.4. The summed E-state index contributed by atoms with van der Waals surface area (Å²) < 4.78 is 17.5. The summed E-state index contributed by atoms with van der Waals surface area (Å²) in [5, 5.41) is 3.33. The van der Waals surface area contributed by atoms with Crippen LogP contribution in [0.15, 0.2) is 42.5 Å². The molecule has 0 aromatic heterocycles. The highest BCUT2D eigenvalue weighted by atomic mass is 16.5. The SMILES string of the molecule is Nc1ccc(Oc2ccccc2OCCCC2CNCCO2)cc1N. The van der Waals surface area contributed by atoms with Crippen molar-refractivity contribution in [2.45, 2.75) is 18.9 Å². The molecule has 5 N–H and O–H groups in total. The van der Waals surface area contributed by atoms with Crippen molar-refractivity contribution in [2.24, 2.45) is 0 Å². The second kappa shape index (κ2) is 8.60. The Balaban J connectivity index is 1.54. The zero-order valence-corrected chi connectivity index (χ0v) is 14.2. The molecule has 1 saturated heterocycles. The van der Waals surface area contributed by atoms with Crippen molar-refractivity contribution in [1.82, 2.24) is 5.32 Å². The Morgan fingerprint density at radius 1 is 1.08 bits per heavy atom. The van der Waals surface area contributed by atoms with Crippen LogP contribution in [-0.4, -0.2) is 32.4 Å². The standard InChI is InChI=1S/C19H25N3O3/c20-16-8-7-14(12-17(16)21)25-19-6-2-1-5-18(19)24-10-3-4-15-13-22-9-11-23-15/h1-2,5-8,12,15,22H,3-4,9-11,13,20-21H2. The molecule has 1 aliphatic rings. The highest BCUT2D eigenvalue weighted by Gasteiger charge is 2.13. The van der Waals surface area contributed by atoms with Gasteiger partial charge in [0.05, 0.1) is 30.7 Å². The summed E-state index contributed by atoms with van der Waals surface area (Å²) >= 11 is 0. The Hall–Kier alpha value is -2.44. The summed E-state index contributed by atoms with van der Waals surface area (Å²) in [6.07, 6.45) is 2.18. The van der Waals surface area contributed by atoms with Crippen molar-refractivity contribution < 1.29 is 14.2 Å². The number of ether oxygens (including phenoxy) is 3. The predicted molar refractivity (Wildman–Crippen MR) is 99.1 cm³/mol. The summed E-state index contributed by atoms with van der Waals surface area (Å²) in [5.41, 5.74) is 12.6. The Morgan fingerprint density at radius 3 is 2.68 bits per heavy atom. The average Bonchev–Trinajstić information content (AvgIpc) is 2.64. The van der Waals surface area contributed by atoms with Crippen molar-refractivity contribution >= 4 is 11.4 Å². The molecule has 1 atom stereocenters. The van der Waals surface area contributed by atoms with Gasteiger partial charge in [-0.1, -0.05) is 12.1 Å². The van der Waals surface area contributed by atoms with Crippen LogP contribution in [0.2, 0.25) is 0 Å². The normalized spacial score (nSPS) is 17.2. The van der Waals surface area contributed by atoms with Crippen LogP contribution in [-0.2, 0) is 4.74 Å². The minimum atomic E-state index is 0.279. The molecule has 1 aliphatic heterocycles. The Morgan fingerprint density at radius 2 is 1.92 bits per heavy atom. The molecule has 0 saturated carbocycles. The van der Waals surface area contributed by atoms with Crippen LogP contribution in [0.25, 0.3) is 0 Å². The van der Waals surface area contributed by atoms with Gasteiger partial charge in [-0.2, -0.15) is 0 Å². The van der Waals surface area contributed by atoms with E-state index in [1.807, 2.05) is 24.3 Å². The van der Waals surface area contributed by atoms with Gasteiger partial charge in [-0.15, -0.1) is 0 Å². The molecule has 2 aromatic carbocycles. The number of benzene rings is 2. The fourth-order valence-electron chi connectivity index (χ4n) is 2.70. The molecule has 0 bridgehead atoms. The molecule has 6 heteroatoms. The van der Waals surface area contributed by atoms with Gasteiger partial charge in [0.1, 0.15) is 5.75 Å². The van der Waals surface area contributed by atoms with E-state index in [4.69, 9.17) is 25.7 Å². The molecule has 25 heavy (non-hydrogen) atoms. The topological polar surface area (TPSA) is 91.8 Å². The smallest absolute Gasteiger partial charge is 0.169 e. The van der Waals surface area contributed by atoms with Gasteiger partial charge in [0.25, 0.3) is 0 Å². The van der Waals surface area contributed by atoms with Crippen molar-refractivity contribution in [3.63, 3.8) is 0 Å². The molecular weight excluding hydrogens is 318 g/mol. The van der Waals surface area contributed by atoms with E-state index in [9.17, 15) is 0 Å². The number of rotatable bonds is 7. The van der Waals surface area contributed by atoms with Crippen LogP contribution in [0.3, 0.4) is 0 Å². The maximum atomic E-state index is 5.90. The Kier molecular flexibility index (Phi) is 5.98. The van der Waals surface area contributed by atoms with E-state index < -0.39 is 0 Å². The van der Waals surface area contributed by atoms with E-state index in [-0.39, 0.29) is 6.10 Å². The number of para-hydroxylation sites is 2. The molecule has 1 unspecified atom stereocenters. The first-order chi connectivity index (χ1) is 12.2. The van der Waals surface area contributed by atoms with Crippen LogP contribution >= 0.6 is 0 Å². The first-order valence-electron chi connectivity index (χ1n) is 8.59. The van der Waals surface area contributed by atoms with Gasteiger partial charge < -0.3 is 31.0 Å². The minimum absolute atomic E-state index is 0.279. The van der Waals surface area contributed by atoms with E-state index in [0.717, 1.165) is 32.5 Å².